The highest BCUT2D eigenvalue weighted by molar-refractivity contribution is 6.09. The van der Waals surface area contributed by atoms with Gasteiger partial charge in [0.15, 0.2) is 5.78 Å². The summed E-state index contributed by atoms with van der Waals surface area (Å²) in [5.74, 6) is -1.35. The van der Waals surface area contributed by atoms with E-state index in [0.717, 1.165) is 17.0 Å². The Kier molecular flexibility index (Phi) is 10.1. The molecule has 2 aromatic rings. The van der Waals surface area contributed by atoms with Crippen LogP contribution in [0.2, 0.25) is 0 Å². The molecule has 1 fully saturated rings. The normalized spacial score (nSPS) is 18.4. The highest BCUT2D eigenvalue weighted by atomic mass is 19.4. The van der Waals surface area contributed by atoms with Crippen molar-refractivity contribution in [2.24, 2.45) is 5.92 Å². The fourth-order valence-electron chi connectivity index (χ4n) is 5.14. The van der Waals surface area contributed by atoms with Gasteiger partial charge in [0.2, 0.25) is 5.78 Å². The maximum atomic E-state index is 12.4. The Morgan fingerprint density at radius 1 is 0.771 bits per heavy atom. The van der Waals surface area contributed by atoms with Gasteiger partial charge in [-0.2, -0.15) is 13.2 Å². The Bertz CT molecular complexity index is 937. The van der Waals surface area contributed by atoms with Gasteiger partial charge in [-0.1, -0.05) is 100 Å². The zero-order valence-corrected chi connectivity index (χ0v) is 20.7. The number of benzene rings is 2. The van der Waals surface area contributed by atoms with Crippen LogP contribution in [0.3, 0.4) is 0 Å². The maximum Gasteiger partial charge on any atom is 0.450 e. The quantitative estimate of drug-likeness (QED) is 0.170. The number of carbonyl (C=O) groups excluding carboxylic acids is 2. The molecule has 0 radical (unpaired) electrons. The smallest absolute Gasteiger partial charge is 0.294 e. The first-order chi connectivity index (χ1) is 16.8. The van der Waals surface area contributed by atoms with E-state index in [-0.39, 0.29) is 5.56 Å². The van der Waals surface area contributed by atoms with Gasteiger partial charge in [0.1, 0.15) is 0 Å². The third-order valence-corrected chi connectivity index (χ3v) is 7.37. The molecule has 35 heavy (non-hydrogen) atoms. The molecule has 1 aliphatic rings. The molecule has 190 valence electrons. The van der Waals surface area contributed by atoms with E-state index in [0.29, 0.717) is 5.92 Å². The van der Waals surface area contributed by atoms with Crippen molar-refractivity contribution in [2.45, 2.75) is 96.1 Å². The minimum Gasteiger partial charge on any atom is -0.294 e. The molecule has 3 rings (SSSR count). The van der Waals surface area contributed by atoms with Gasteiger partial charge in [0.05, 0.1) is 6.42 Å². The van der Waals surface area contributed by atoms with Crippen LogP contribution in [-0.2, 0) is 4.79 Å². The van der Waals surface area contributed by atoms with Gasteiger partial charge in [0.25, 0.3) is 0 Å². The van der Waals surface area contributed by atoms with Gasteiger partial charge in [-0.25, -0.2) is 0 Å². The second-order valence-corrected chi connectivity index (χ2v) is 9.99. The third kappa shape index (κ3) is 8.33. The predicted octanol–water partition coefficient (Wildman–Crippen LogP) is 9.08. The number of Topliss-reactive ketones (excluding diaryl/α,β-unsaturated/α-hetero) is 2. The van der Waals surface area contributed by atoms with Crippen molar-refractivity contribution in [1.29, 1.82) is 0 Å². The Morgan fingerprint density at radius 2 is 1.31 bits per heavy atom. The molecule has 0 aliphatic heterocycles. The van der Waals surface area contributed by atoms with Crippen molar-refractivity contribution in [3.63, 3.8) is 0 Å². The fraction of sp³-hybridized carbons (Fsp3) is 0.533. The molecule has 5 heteroatoms. The van der Waals surface area contributed by atoms with Gasteiger partial charge in [-0.15, -0.1) is 0 Å². The number of hydrogen-bond donors (Lipinski definition) is 0. The van der Waals surface area contributed by atoms with Crippen molar-refractivity contribution in [3.8, 4) is 11.1 Å². The minimum atomic E-state index is -4.98. The summed E-state index contributed by atoms with van der Waals surface area (Å²) in [6, 6.07) is 14.9. The summed E-state index contributed by atoms with van der Waals surface area (Å²) in [6.45, 7) is 2.26. The predicted molar refractivity (Wildman–Crippen MR) is 135 cm³/mol. The molecule has 2 nitrogen and oxygen atoms in total. The van der Waals surface area contributed by atoms with Gasteiger partial charge < -0.3 is 0 Å². The van der Waals surface area contributed by atoms with Crippen LogP contribution in [-0.4, -0.2) is 17.7 Å². The van der Waals surface area contributed by atoms with Crippen molar-refractivity contribution < 1.29 is 22.8 Å². The Hall–Kier alpha value is -2.43. The molecule has 0 bridgehead atoms. The number of halogens is 3. The Balaban J connectivity index is 1.47. The molecule has 0 unspecified atom stereocenters. The Morgan fingerprint density at radius 3 is 1.89 bits per heavy atom. The average molecular weight is 487 g/mol. The molecule has 0 atom stereocenters. The van der Waals surface area contributed by atoms with Crippen molar-refractivity contribution >= 4 is 11.6 Å². The number of hydrogen-bond acceptors (Lipinski definition) is 2. The van der Waals surface area contributed by atoms with E-state index in [1.54, 1.807) is 12.1 Å². The lowest BCUT2D eigenvalue weighted by Gasteiger charge is -2.29. The van der Waals surface area contributed by atoms with Crippen molar-refractivity contribution in [2.75, 3.05) is 0 Å². The van der Waals surface area contributed by atoms with Gasteiger partial charge in [-0.3, -0.25) is 9.59 Å². The standard InChI is InChI=1S/C30H37F3O2/c1-2-3-4-5-6-7-8-22-9-11-23(12-10-22)24-13-15-25(16-14-24)26-17-19-27(20-18-26)28(34)21-29(35)30(31,32)33/h13-20,22-23H,2-12,21H2,1H3. The van der Waals surface area contributed by atoms with Gasteiger partial charge >= 0.3 is 6.18 Å². The summed E-state index contributed by atoms with van der Waals surface area (Å²) in [4.78, 5) is 23.0. The molecular formula is C30H37F3O2. The first-order valence-corrected chi connectivity index (χ1v) is 13.1. The molecule has 1 saturated carbocycles. The summed E-state index contributed by atoms with van der Waals surface area (Å²) in [6.07, 6.45) is 8.53. The number of ketones is 2. The molecule has 0 saturated heterocycles. The van der Waals surface area contributed by atoms with E-state index in [1.807, 2.05) is 0 Å². The second kappa shape index (κ2) is 13.0. The lowest BCUT2D eigenvalue weighted by Crippen LogP contribution is -2.25. The van der Waals surface area contributed by atoms with Crippen LogP contribution in [0, 0.1) is 5.92 Å². The van der Waals surface area contributed by atoms with Crippen LogP contribution in [0.15, 0.2) is 48.5 Å². The van der Waals surface area contributed by atoms with E-state index in [4.69, 9.17) is 0 Å². The topological polar surface area (TPSA) is 34.1 Å². The number of carbonyl (C=O) groups is 2. The zero-order valence-electron chi connectivity index (χ0n) is 20.7. The molecule has 0 aromatic heterocycles. The van der Waals surface area contributed by atoms with E-state index in [9.17, 15) is 22.8 Å². The summed E-state index contributed by atoms with van der Waals surface area (Å²) in [5.41, 5.74) is 3.36. The van der Waals surface area contributed by atoms with E-state index in [2.05, 4.69) is 31.2 Å². The molecule has 0 amide bonds. The number of alkyl halides is 3. The monoisotopic (exact) mass is 486 g/mol. The van der Waals surface area contributed by atoms with Crippen LogP contribution in [0.25, 0.3) is 11.1 Å². The Labute approximate surface area is 207 Å². The van der Waals surface area contributed by atoms with Crippen LogP contribution in [0.4, 0.5) is 13.2 Å². The first-order valence-electron chi connectivity index (χ1n) is 13.1. The van der Waals surface area contributed by atoms with Crippen LogP contribution in [0.5, 0.6) is 0 Å². The molecule has 2 aromatic carbocycles. The largest absolute Gasteiger partial charge is 0.450 e. The zero-order chi connectivity index (χ0) is 25.3. The lowest BCUT2D eigenvalue weighted by atomic mass is 9.77. The molecular weight excluding hydrogens is 449 g/mol. The van der Waals surface area contributed by atoms with Crippen LogP contribution in [0.1, 0.15) is 106 Å². The van der Waals surface area contributed by atoms with E-state index in [1.165, 1.54) is 88.3 Å². The second-order valence-electron chi connectivity index (χ2n) is 9.99. The summed E-state index contributed by atoms with van der Waals surface area (Å²) in [7, 11) is 0. The fourth-order valence-corrected chi connectivity index (χ4v) is 5.14. The summed E-state index contributed by atoms with van der Waals surface area (Å²) in [5, 5.41) is 0. The van der Waals surface area contributed by atoms with E-state index < -0.39 is 24.2 Å². The van der Waals surface area contributed by atoms with Crippen molar-refractivity contribution in [1.82, 2.24) is 0 Å². The molecule has 0 heterocycles. The molecule has 0 N–H and O–H groups in total. The molecule has 0 spiro atoms. The molecule has 1 aliphatic carbocycles. The highest BCUT2D eigenvalue weighted by Gasteiger charge is 2.39. The first kappa shape index (κ1) is 27.2. The average Bonchev–Trinajstić information content (AvgIpc) is 2.86. The van der Waals surface area contributed by atoms with E-state index >= 15 is 0 Å². The summed E-state index contributed by atoms with van der Waals surface area (Å²) < 4.78 is 37.2. The van der Waals surface area contributed by atoms with Gasteiger partial charge in [-0.05, 0) is 54.2 Å². The minimum absolute atomic E-state index is 0.112. The number of rotatable bonds is 12. The maximum absolute atomic E-state index is 12.4. The van der Waals surface area contributed by atoms with Crippen LogP contribution < -0.4 is 0 Å². The SMILES string of the molecule is CCCCCCCCC1CCC(c2ccc(-c3ccc(C(=O)CC(=O)C(F)(F)F)cc3)cc2)CC1. The van der Waals surface area contributed by atoms with Crippen LogP contribution >= 0.6 is 0 Å². The third-order valence-electron chi connectivity index (χ3n) is 7.37. The van der Waals surface area contributed by atoms with Crippen molar-refractivity contribution in [3.05, 3.63) is 59.7 Å². The lowest BCUT2D eigenvalue weighted by molar-refractivity contribution is -0.170. The van der Waals surface area contributed by atoms with Gasteiger partial charge in [0, 0.05) is 5.56 Å². The number of unbranched alkanes of at least 4 members (excludes halogenated alkanes) is 5. The summed E-state index contributed by atoms with van der Waals surface area (Å²) >= 11 is 0. The highest BCUT2D eigenvalue weighted by Crippen LogP contribution is 2.38.